The summed E-state index contributed by atoms with van der Waals surface area (Å²) in [5.74, 6) is 0. The van der Waals surface area contributed by atoms with Crippen LogP contribution in [0, 0.1) is 6.92 Å². The zero-order valence-electron chi connectivity index (χ0n) is 13.2. The van der Waals surface area contributed by atoms with Crippen LogP contribution in [0.4, 0.5) is 18.9 Å². The molecule has 0 spiro atoms. The van der Waals surface area contributed by atoms with Gasteiger partial charge in [0.1, 0.15) is 0 Å². The van der Waals surface area contributed by atoms with E-state index in [-0.39, 0.29) is 5.69 Å². The van der Waals surface area contributed by atoms with Gasteiger partial charge in [-0.15, -0.1) is 0 Å². The summed E-state index contributed by atoms with van der Waals surface area (Å²) < 4.78 is 39.0. The number of halogens is 3. The molecule has 0 saturated carbocycles. The van der Waals surface area contributed by atoms with E-state index in [0.29, 0.717) is 16.9 Å². The lowest BCUT2D eigenvalue weighted by Crippen LogP contribution is -2.22. The van der Waals surface area contributed by atoms with Crippen molar-refractivity contribution in [1.29, 1.82) is 0 Å². The number of benzene rings is 2. The summed E-state index contributed by atoms with van der Waals surface area (Å²) >= 11 is 0. The molecule has 2 aromatic carbocycles. The van der Waals surface area contributed by atoms with Gasteiger partial charge >= 0.3 is 6.18 Å². The Morgan fingerprint density at radius 3 is 2.32 bits per heavy atom. The zero-order valence-corrected chi connectivity index (χ0v) is 13.2. The molecule has 1 aromatic heterocycles. The van der Waals surface area contributed by atoms with Crippen molar-refractivity contribution in [2.24, 2.45) is 0 Å². The van der Waals surface area contributed by atoms with Crippen molar-refractivity contribution in [2.75, 3.05) is 5.73 Å². The lowest BCUT2D eigenvalue weighted by molar-refractivity contribution is -0.137. The van der Waals surface area contributed by atoms with Gasteiger partial charge in [0, 0.05) is 17.3 Å². The van der Waals surface area contributed by atoms with Crippen LogP contribution in [0.15, 0.2) is 59.4 Å². The Balaban J connectivity index is 2.05. The van der Waals surface area contributed by atoms with E-state index in [4.69, 9.17) is 5.73 Å². The predicted molar refractivity (Wildman–Crippen MR) is 89.4 cm³/mol. The van der Waals surface area contributed by atoms with E-state index in [1.807, 2.05) is 6.07 Å². The molecule has 0 saturated heterocycles. The molecule has 0 fully saturated rings. The largest absolute Gasteiger partial charge is 0.416 e. The Kier molecular flexibility index (Phi) is 4.08. The Bertz CT molecular complexity index is 976. The van der Waals surface area contributed by atoms with Gasteiger partial charge in [0.05, 0.1) is 16.9 Å². The van der Waals surface area contributed by atoms with E-state index in [1.54, 1.807) is 25.1 Å². The van der Waals surface area contributed by atoms with Crippen LogP contribution in [-0.4, -0.2) is 9.78 Å². The third kappa shape index (κ3) is 3.40. The number of nitrogens with two attached hydrogens (primary N) is 1. The topological polar surface area (TPSA) is 60.9 Å². The molecule has 0 atom stereocenters. The number of anilines is 1. The number of aryl methyl sites for hydroxylation is 1. The quantitative estimate of drug-likeness (QED) is 0.719. The summed E-state index contributed by atoms with van der Waals surface area (Å²) in [6.45, 7) is 1.72. The number of aromatic nitrogens is 2. The third-order valence-electron chi connectivity index (χ3n) is 3.75. The maximum absolute atomic E-state index is 12.6. The van der Waals surface area contributed by atoms with Gasteiger partial charge in [-0.25, -0.2) is 0 Å². The minimum absolute atomic E-state index is 0.264. The average Bonchev–Trinajstić information content (AvgIpc) is 2.56. The molecule has 1 heterocycles. The van der Waals surface area contributed by atoms with Crippen molar-refractivity contribution in [1.82, 2.24) is 9.78 Å². The number of nitrogen functional groups attached to an aromatic ring is 1. The Morgan fingerprint density at radius 2 is 1.72 bits per heavy atom. The van der Waals surface area contributed by atoms with Crippen LogP contribution in [-0.2, 0) is 6.18 Å². The average molecular weight is 345 g/mol. The minimum Gasteiger partial charge on any atom is -0.399 e. The molecule has 7 heteroatoms. The van der Waals surface area contributed by atoms with Crippen LogP contribution < -0.4 is 11.3 Å². The highest BCUT2D eigenvalue weighted by Crippen LogP contribution is 2.29. The van der Waals surface area contributed by atoms with Crippen molar-refractivity contribution >= 4 is 5.69 Å². The number of nitrogens with zero attached hydrogens (tertiary/aromatic N) is 2. The van der Waals surface area contributed by atoms with Gasteiger partial charge < -0.3 is 5.73 Å². The second-order valence-electron chi connectivity index (χ2n) is 5.56. The van der Waals surface area contributed by atoms with Crippen LogP contribution in [0.5, 0.6) is 0 Å². The normalized spacial score (nSPS) is 11.5. The second kappa shape index (κ2) is 6.08. The van der Waals surface area contributed by atoms with E-state index in [9.17, 15) is 18.0 Å². The molecule has 25 heavy (non-hydrogen) atoms. The third-order valence-corrected chi connectivity index (χ3v) is 3.75. The lowest BCUT2D eigenvalue weighted by atomic mass is 10.0. The molecule has 4 nitrogen and oxygen atoms in total. The minimum atomic E-state index is -4.43. The fourth-order valence-corrected chi connectivity index (χ4v) is 2.52. The standard InChI is InChI=1S/C18H14F3N3O/c1-11-16(12-3-2-4-14(22)9-12)10-17(25)24(23-11)15-7-5-13(6-8-15)18(19,20)21/h2-10H,22H2,1H3. The monoisotopic (exact) mass is 345 g/mol. The molecule has 3 rings (SSSR count). The van der Waals surface area contributed by atoms with Gasteiger partial charge in [0.15, 0.2) is 0 Å². The maximum atomic E-state index is 12.6. The molecular weight excluding hydrogens is 331 g/mol. The number of hydrogen-bond acceptors (Lipinski definition) is 3. The van der Waals surface area contributed by atoms with Gasteiger partial charge in [-0.1, -0.05) is 12.1 Å². The first-order valence-electron chi connectivity index (χ1n) is 7.40. The lowest BCUT2D eigenvalue weighted by Gasteiger charge is -2.11. The Morgan fingerprint density at radius 1 is 1.04 bits per heavy atom. The van der Waals surface area contributed by atoms with Gasteiger partial charge in [0.25, 0.3) is 5.56 Å². The zero-order chi connectivity index (χ0) is 18.2. The molecule has 0 unspecified atom stereocenters. The fourth-order valence-electron chi connectivity index (χ4n) is 2.52. The van der Waals surface area contributed by atoms with E-state index in [2.05, 4.69) is 5.10 Å². The highest BCUT2D eigenvalue weighted by Gasteiger charge is 2.30. The van der Waals surface area contributed by atoms with Crippen molar-refractivity contribution < 1.29 is 13.2 Å². The molecule has 3 aromatic rings. The van der Waals surface area contributed by atoms with Gasteiger partial charge in [-0.05, 0) is 48.9 Å². The Labute approximate surface area is 141 Å². The number of alkyl halides is 3. The molecular formula is C18H14F3N3O. The maximum Gasteiger partial charge on any atom is 0.416 e. The summed E-state index contributed by atoms with van der Waals surface area (Å²) in [7, 11) is 0. The van der Waals surface area contributed by atoms with E-state index >= 15 is 0 Å². The first-order valence-corrected chi connectivity index (χ1v) is 7.40. The molecule has 0 bridgehead atoms. The van der Waals surface area contributed by atoms with Crippen LogP contribution in [0.2, 0.25) is 0 Å². The summed E-state index contributed by atoms with van der Waals surface area (Å²) in [5, 5.41) is 4.22. The highest BCUT2D eigenvalue weighted by molar-refractivity contribution is 5.68. The molecule has 0 amide bonds. The summed E-state index contributed by atoms with van der Waals surface area (Å²) in [6, 6.07) is 12.7. The summed E-state index contributed by atoms with van der Waals surface area (Å²) in [4.78, 5) is 12.4. The van der Waals surface area contributed by atoms with Crippen molar-refractivity contribution in [3.8, 4) is 16.8 Å². The smallest absolute Gasteiger partial charge is 0.399 e. The SMILES string of the molecule is Cc1nn(-c2ccc(C(F)(F)F)cc2)c(=O)cc1-c1cccc(N)c1. The van der Waals surface area contributed by atoms with Crippen molar-refractivity contribution in [3.05, 3.63) is 76.2 Å². The molecule has 0 aliphatic heterocycles. The van der Waals surface area contributed by atoms with E-state index < -0.39 is 17.3 Å². The summed E-state index contributed by atoms with van der Waals surface area (Å²) in [5.41, 5.74) is 7.30. The molecule has 128 valence electrons. The second-order valence-corrected chi connectivity index (χ2v) is 5.56. The van der Waals surface area contributed by atoms with Gasteiger partial charge in [0.2, 0.25) is 0 Å². The van der Waals surface area contributed by atoms with Crippen LogP contribution in [0.1, 0.15) is 11.3 Å². The Hall–Kier alpha value is -3.09. The van der Waals surface area contributed by atoms with Crippen LogP contribution in [0.25, 0.3) is 16.8 Å². The van der Waals surface area contributed by atoms with Crippen molar-refractivity contribution in [3.63, 3.8) is 0 Å². The first-order chi connectivity index (χ1) is 11.8. The molecule has 0 radical (unpaired) electrons. The highest BCUT2D eigenvalue weighted by atomic mass is 19.4. The van der Waals surface area contributed by atoms with Gasteiger partial charge in [-0.2, -0.15) is 23.0 Å². The van der Waals surface area contributed by atoms with Crippen molar-refractivity contribution in [2.45, 2.75) is 13.1 Å². The van der Waals surface area contributed by atoms with E-state index in [1.165, 1.54) is 18.2 Å². The van der Waals surface area contributed by atoms with Crippen LogP contribution in [0.3, 0.4) is 0 Å². The molecule has 0 aliphatic carbocycles. The fraction of sp³-hybridized carbons (Fsp3) is 0.111. The number of hydrogen-bond donors (Lipinski definition) is 1. The number of rotatable bonds is 2. The summed E-state index contributed by atoms with van der Waals surface area (Å²) in [6.07, 6.45) is -4.43. The predicted octanol–water partition coefficient (Wildman–Crippen LogP) is 3.81. The molecule has 0 aliphatic rings. The first kappa shape index (κ1) is 16.8. The van der Waals surface area contributed by atoms with E-state index in [0.717, 1.165) is 22.4 Å². The van der Waals surface area contributed by atoms with Crippen LogP contribution >= 0.6 is 0 Å². The molecule has 2 N–H and O–H groups in total. The van der Waals surface area contributed by atoms with Gasteiger partial charge in [-0.3, -0.25) is 4.79 Å².